The molecule has 1 aromatic heterocycles. The Bertz CT molecular complexity index is 909. The van der Waals surface area contributed by atoms with Gasteiger partial charge in [-0.1, -0.05) is 54.6 Å². The molecule has 3 rings (SSSR count). The van der Waals surface area contributed by atoms with Gasteiger partial charge in [0, 0.05) is 6.54 Å². The van der Waals surface area contributed by atoms with Gasteiger partial charge in [0.05, 0.1) is 25.8 Å². The van der Waals surface area contributed by atoms with Crippen LogP contribution in [0.15, 0.2) is 67.1 Å². The van der Waals surface area contributed by atoms with Gasteiger partial charge < -0.3 is 10.3 Å². The lowest BCUT2D eigenvalue weighted by Crippen LogP contribution is -2.16. The van der Waals surface area contributed by atoms with E-state index in [4.69, 9.17) is 5.73 Å². The van der Waals surface area contributed by atoms with Gasteiger partial charge in [0.25, 0.3) is 0 Å². The molecule has 0 radical (unpaired) electrons. The Labute approximate surface area is 178 Å². The zero-order valence-electron chi connectivity index (χ0n) is 13.5. The molecule has 0 saturated heterocycles. The monoisotopic (exact) mass is 693 g/mol. The molecule has 0 aliphatic rings. The van der Waals surface area contributed by atoms with Crippen LogP contribution in [-0.2, 0) is 6.54 Å². The Balaban J connectivity index is 1.79. The summed E-state index contributed by atoms with van der Waals surface area (Å²) in [6.07, 6.45) is 3.57. The first-order valence-corrected chi connectivity index (χ1v) is 17.7. The van der Waals surface area contributed by atoms with Crippen molar-refractivity contribution in [2.75, 3.05) is 0 Å². The van der Waals surface area contributed by atoms with Crippen molar-refractivity contribution in [1.29, 1.82) is 0 Å². The van der Waals surface area contributed by atoms with Gasteiger partial charge in [0.1, 0.15) is 38.5 Å². The molecule has 0 aliphatic carbocycles. The summed E-state index contributed by atoms with van der Waals surface area (Å²) in [4.78, 5) is 4.25. The number of imidazole rings is 1. The Hall–Kier alpha value is -0.470. The summed E-state index contributed by atoms with van der Waals surface area (Å²) >= 11 is -3.53. The molecule has 0 bridgehead atoms. The van der Waals surface area contributed by atoms with Crippen molar-refractivity contribution < 1.29 is 5.72 Å². The van der Waals surface area contributed by atoms with E-state index in [1.807, 2.05) is 59.2 Å². The lowest BCUT2D eigenvalue weighted by molar-refractivity contribution is 0.696. The zero-order chi connectivity index (χ0) is 18.4. The van der Waals surface area contributed by atoms with E-state index in [9.17, 15) is 5.72 Å². The smallest absolute Gasteiger partial charge is 0.140 e. The van der Waals surface area contributed by atoms with E-state index >= 15 is 0 Å². The van der Waals surface area contributed by atoms with E-state index < -0.39 is 55.1 Å². The average Bonchev–Trinajstić information content (AvgIpc) is 3.15. The van der Waals surface area contributed by atoms with E-state index in [2.05, 4.69) is 4.98 Å². The van der Waals surface area contributed by atoms with Crippen LogP contribution >= 0.6 is 55.1 Å². The second kappa shape index (κ2) is 10.2. The van der Waals surface area contributed by atoms with Crippen LogP contribution in [0, 0.1) is 0 Å². The molecule has 3 nitrogen and oxygen atoms in total. The van der Waals surface area contributed by atoms with Crippen molar-refractivity contribution in [2.45, 2.75) is 12.6 Å². The molecule has 0 spiro atoms. The van der Waals surface area contributed by atoms with Gasteiger partial charge >= 0.3 is 0 Å². The highest BCUT2D eigenvalue weighted by molar-refractivity contribution is 14.8. The standard InChI is InChI=1S/C18H16F2I3N3/c19-21-18(22-23-20)15-8-6-13(7-9-15)11-26-12-25-10-16(26)17(24)14-4-2-1-3-5-14/h1-10,12,17H,11,24H2. The Morgan fingerprint density at radius 3 is 2.46 bits per heavy atom. The van der Waals surface area contributed by atoms with Gasteiger partial charge in [-0.05, 0) is 33.3 Å². The third kappa shape index (κ3) is 5.07. The SMILES string of the molecule is NC(c1ccccc1)c1cncn1Cc1ccc(C(I=IF)=IF)cc1. The third-order valence-corrected chi connectivity index (χ3v) is 17.4. The van der Waals surface area contributed by atoms with Crippen molar-refractivity contribution in [3.63, 3.8) is 0 Å². The number of halogens is 5. The first kappa shape index (κ1) is 20.3. The number of nitrogens with zero attached hydrogens (tertiary/aromatic N) is 2. The molecule has 8 heteroatoms. The fourth-order valence-corrected chi connectivity index (χ4v) is 12.1. The van der Waals surface area contributed by atoms with Crippen molar-refractivity contribution in [3.8, 4) is 0 Å². The van der Waals surface area contributed by atoms with Crippen molar-refractivity contribution in [2.24, 2.45) is 5.73 Å². The van der Waals surface area contributed by atoms with Crippen LogP contribution in [0.4, 0.5) is 5.72 Å². The highest BCUT2D eigenvalue weighted by atomic mass is 128. The van der Waals surface area contributed by atoms with Gasteiger partial charge in [-0.3, -0.25) is 0 Å². The van der Waals surface area contributed by atoms with E-state index in [0.29, 0.717) is 6.54 Å². The summed E-state index contributed by atoms with van der Waals surface area (Å²) in [5.74, 6) is 0. The molecule has 138 valence electrons. The van der Waals surface area contributed by atoms with Crippen LogP contribution in [0.5, 0.6) is 0 Å². The second-order valence-corrected chi connectivity index (χ2v) is 15.6. The first-order valence-electron chi connectivity index (χ1n) is 7.66. The normalized spacial score (nSPS) is 14.2. The minimum atomic E-state index is -1.51. The molecule has 1 atom stereocenters. The minimum Gasteiger partial charge on any atom is -0.328 e. The summed E-state index contributed by atoms with van der Waals surface area (Å²) in [6, 6.07) is 17.5. The highest BCUT2D eigenvalue weighted by Crippen LogP contribution is 2.29. The van der Waals surface area contributed by atoms with E-state index in [1.54, 1.807) is 12.5 Å². The summed E-state index contributed by atoms with van der Waals surface area (Å²) < 4.78 is 28.6. The molecule has 3 aromatic rings. The number of hydrogen-bond donors (Lipinski definition) is 1. The topological polar surface area (TPSA) is 43.8 Å². The lowest BCUT2D eigenvalue weighted by atomic mass is 10.1. The molecule has 26 heavy (non-hydrogen) atoms. The van der Waals surface area contributed by atoms with Gasteiger partial charge in [-0.15, -0.1) is 0 Å². The van der Waals surface area contributed by atoms with Crippen molar-refractivity contribution in [1.82, 2.24) is 9.55 Å². The van der Waals surface area contributed by atoms with Gasteiger partial charge in [-0.2, -0.15) is 5.72 Å². The quantitative estimate of drug-likeness (QED) is 0.320. The van der Waals surface area contributed by atoms with Crippen LogP contribution in [-0.4, -0.2) is 11.1 Å². The fraction of sp³-hybridized carbons (Fsp3) is 0.111. The minimum absolute atomic E-state index is 0.243. The van der Waals surface area contributed by atoms with Crippen LogP contribution in [0.2, 0.25) is 0 Å². The fourth-order valence-electron chi connectivity index (χ4n) is 2.60. The Morgan fingerprint density at radius 2 is 1.81 bits per heavy atom. The molecule has 0 fully saturated rings. The molecule has 2 N–H and O–H groups in total. The molecule has 0 saturated carbocycles. The van der Waals surface area contributed by atoms with Crippen LogP contribution in [0.1, 0.15) is 28.4 Å². The second-order valence-electron chi connectivity index (χ2n) is 5.49. The highest BCUT2D eigenvalue weighted by Gasteiger charge is 2.13. The van der Waals surface area contributed by atoms with E-state index in [0.717, 1.165) is 23.9 Å². The first-order chi connectivity index (χ1) is 12.7. The zero-order valence-corrected chi connectivity index (χ0v) is 20.0. The molecule has 2 aromatic carbocycles. The number of rotatable bonds is 6. The largest absolute Gasteiger partial charge is 0.328 e. The maximum atomic E-state index is 13.2. The lowest BCUT2D eigenvalue weighted by Gasteiger charge is -2.15. The molecular formula is C18H16F2I3N3. The summed E-state index contributed by atoms with van der Waals surface area (Å²) in [5, 5.41) is 0. The predicted molar refractivity (Wildman–Crippen MR) is 129 cm³/mol. The maximum absolute atomic E-state index is 13.2. The van der Waals surface area contributed by atoms with Gasteiger partial charge in [0.15, 0.2) is 0 Å². The van der Waals surface area contributed by atoms with Gasteiger partial charge in [-0.25, -0.2) is 4.98 Å². The summed E-state index contributed by atoms with van der Waals surface area (Å²) in [7, 11) is 0. The van der Waals surface area contributed by atoms with Crippen LogP contribution < -0.4 is 5.73 Å². The number of aromatic nitrogens is 2. The van der Waals surface area contributed by atoms with E-state index in [-0.39, 0.29) is 6.04 Å². The predicted octanol–water partition coefficient (Wildman–Crippen LogP) is 6.05. The number of hydrogen-bond acceptors (Lipinski definition) is 2. The number of nitrogens with two attached hydrogens (primary N) is 1. The molecule has 0 aliphatic heterocycles. The average molecular weight is 693 g/mol. The summed E-state index contributed by atoms with van der Waals surface area (Å²) in [5.41, 5.74) is 10.3. The Morgan fingerprint density at radius 1 is 1.08 bits per heavy atom. The van der Waals surface area contributed by atoms with Crippen LogP contribution in [0.3, 0.4) is 0 Å². The Kier molecular flexibility index (Phi) is 7.93. The third-order valence-electron chi connectivity index (χ3n) is 3.90. The molecule has 0 amide bonds. The van der Waals surface area contributed by atoms with Crippen molar-refractivity contribution >= 4 is 56.6 Å². The maximum Gasteiger partial charge on any atom is 0.140 e. The summed E-state index contributed by atoms with van der Waals surface area (Å²) in [6.45, 7) is 0.640. The van der Waals surface area contributed by atoms with Crippen molar-refractivity contribution in [3.05, 3.63) is 89.5 Å². The van der Waals surface area contributed by atoms with Gasteiger partial charge in [0.2, 0.25) is 0 Å². The molecule has 1 heterocycles. The number of benzene rings is 2. The molecular weight excluding hydrogens is 677 g/mol. The molecule has 1 unspecified atom stereocenters. The van der Waals surface area contributed by atoms with E-state index in [1.165, 1.54) is 0 Å². The van der Waals surface area contributed by atoms with Crippen LogP contribution in [0.25, 0.3) is 0 Å².